The third kappa shape index (κ3) is 3.81. The van der Waals surface area contributed by atoms with Gasteiger partial charge < -0.3 is 10.1 Å². The number of fused-ring (bicyclic) bond motifs is 1. The van der Waals surface area contributed by atoms with Crippen molar-refractivity contribution >= 4 is 40.1 Å². The summed E-state index contributed by atoms with van der Waals surface area (Å²) in [6.07, 6.45) is 1.37. The zero-order chi connectivity index (χ0) is 17.8. The van der Waals surface area contributed by atoms with E-state index in [4.69, 9.17) is 16.3 Å². The molecular formula is C16H11ClN4O4. The van der Waals surface area contributed by atoms with Gasteiger partial charge in [-0.25, -0.2) is 14.9 Å². The molecule has 25 heavy (non-hydrogen) atoms. The molecule has 0 bridgehead atoms. The molecule has 0 aliphatic rings. The van der Waals surface area contributed by atoms with Gasteiger partial charge in [-0.3, -0.25) is 9.59 Å². The van der Waals surface area contributed by atoms with Crippen LogP contribution in [0, 0.1) is 0 Å². The zero-order valence-corrected chi connectivity index (χ0v) is 13.4. The van der Waals surface area contributed by atoms with Crippen LogP contribution in [0.5, 0.6) is 0 Å². The predicted octanol–water partition coefficient (Wildman–Crippen LogP) is 1.77. The van der Waals surface area contributed by atoms with Gasteiger partial charge in [0.2, 0.25) is 0 Å². The van der Waals surface area contributed by atoms with Crippen LogP contribution >= 0.6 is 11.6 Å². The second-order valence-electron chi connectivity index (χ2n) is 4.93. The molecule has 8 nitrogen and oxygen atoms in total. The number of pyridine rings is 1. The molecule has 0 atom stereocenters. The lowest BCUT2D eigenvalue weighted by Crippen LogP contribution is -2.23. The molecule has 0 aliphatic carbocycles. The van der Waals surface area contributed by atoms with Gasteiger partial charge >= 0.3 is 5.97 Å². The van der Waals surface area contributed by atoms with Crippen molar-refractivity contribution in [1.29, 1.82) is 0 Å². The molecule has 0 unspecified atom stereocenters. The molecule has 0 saturated carbocycles. The van der Waals surface area contributed by atoms with Crippen molar-refractivity contribution in [3.05, 3.63) is 63.7 Å². The molecule has 2 heterocycles. The monoisotopic (exact) mass is 358 g/mol. The molecule has 126 valence electrons. The Hall–Kier alpha value is -3.26. The summed E-state index contributed by atoms with van der Waals surface area (Å²) in [7, 11) is 0. The normalized spacial score (nSPS) is 10.4. The number of amides is 1. The lowest BCUT2D eigenvalue weighted by atomic mass is 10.1. The Kier molecular flexibility index (Phi) is 4.71. The van der Waals surface area contributed by atoms with E-state index < -0.39 is 24.0 Å². The average Bonchev–Trinajstić information content (AvgIpc) is 2.62. The molecule has 0 spiro atoms. The van der Waals surface area contributed by atoms with E-state index in [9.17, 15) is 14.4 Å². The predicted molar refractivity (Wildman–Crippen MR) is 90.5 cm³/mol. The third-order valence-corrected chi connectivity index (χ3v) is 3.44. The number of halogens is 1. The number of benzene rings is 1. The smallest absolute Gasteiger partial charge is 0.359 e. The minimum Gasteiger partial charge on any atom is -0.451 e. The first-order valence-corrected chi connectivity index (χ1v) is 7.48. The summed E-state index contributed by atoms with van der Waals surface area (Å²) in [6.45, 7) is -0.529. The van der Waals surface area contributed by atoms with Crippen molar-refractivity contribution in [2.45, 2.75) is 0 Å². The first-order valence-electron chi connectivity index (χ1n) is 7.10. The number of esters is 1. The quantitative estimate of drug-likeness (QED) is 0.687. The fourth-order valence-corrected chi connectivity index (χ4v) is 2.21. The van der Waals surface area contributed by atoms with Crippen molar-refractivity contribution in [1.82, 2.24) is 15.2 Å². The van der Waals surface area contributed by atoms with Crippen LogP contribution in [0.3, 0.4) is 0 Å². The summed E-state index contributed by atoms with van der Waals surface area (Å²) in [5.41, 5.74) is -0.494. The maximum absolute atomic E-state index is 12.2. The van der Waals surface area contributed by atoms with Crippen LogP contribution in [-0.2, 0) is 9.53 Å². The highest BCUT2D eigenvalue weighted by Gasteiger charge is 2.16. The Morgan fingerprint density at radius 3 is 2.64 bits per heavy atom. The van der Waals surface area contributed by atoms with Crippen LogP contribution < -0.4 is 10.9 Å². The van der Waals surface area contributed by atoms with E-state index in [1.165, 1.54) is 12.3 Å². The maximum Gasteiger partial charge on any atom is 0.359 e. The van der Waals surface area contributed by atoms with Gasteiger partial charge in [-0.1, -0.05) is 29.8 Å². The summed E-state index contributed by atoms with van der Waals surface area (Å²) in [4.78, 5) is 39.6. The van der Waals surface area contributed by atoms with E-state index >= 15 is 0 Å². The molecule has 3 rings (SSSR count). The van der Waals surface area contributed by atoms with Crippen LogP contribution in [0.25, 0.3) is 10.8 Å². The zero-order valence-electron chi connectivity index (χ0n) is 12.7. The van der Waals surface area contributed by atoms with Crippen molar-refractivity contribution in [3.8, 4) is 0 Å². The lowest BCUT2D eigenvalue weighted by Gasteiger charge is -2.07. The molecule has 0 aliphatic heterocycles. The molecule has 0 fully saturated rings. The number of rotatable bonds is 4. The first-order chi connectivity index (χ1) is 12.0. The molecule has 0 radical (unpaired) electrons. The van der Waals surface area contributed by atoms with E-state index in [0.717, 1.165) is 0 Å². The maximum atomic E-state index is 12.2. The van der Waals surface area contributed by atoms with Gasteiger partial charge in [0.05, 0.1) is 10.4 Å². The van der Waals surface area contributed by atoms with E-state index in [-0.39, 0.29) is 11.5 Å². The highest BCUT2D eigenvalue weighted by molar-refractivity contribution is 6.30. The highest BCUT2D eigenvalue weighted by atomic mass is 35.5. The Morgan fingerprint density at radius 2 is 1.92 bits per heavy atom. The molecule has 9 heteroatoms. The van der Waals surface area contributed by atoms with Crippen LogP contribution in [0.1, 0.15) is 10.5 Å². The van der Waals surface area contributed by atoms with Crippen LogP contribution in [-0.4, -0.2) is 33.7 Å². The molecule has 1 aromatic carbocycles. The fourth-order valence-electron chi connectivity index (χ4n) is 2.10. The van der Waals surface area contributed by atoms with Gasteiger partial charge in [-0.15, -0.1) is 0 Å². The van der Waals surface area contributed by atoms with Gasteiger partial charge in [0.25, 0.3) is 11.5 Å². The van der Waals surface area contributed by atoms with Gasteiger partial charge in [0, 0.05) is 11.6 Å². The van der Waals surface area contributed by atoms with Gasteiger partial charge in [-0.05, 0) is 18.2 Å². The Morgan fingerprint density at radius 1 is 1.16 bits per heavy atom. The molecule has 0 saturated heterocycles. The number of H-pyrrole nitrogens is 1. The number of ether oxygens (including phenoxy) is 1. The van der Waals surface area contributed by atoms with Crippen LogP contribution in [0.15, 0.2) is 47.4 Å². The minimum absolute atomic E-state index is 0.0763. The highest BCUT2D eigenvalue weighted by Crippen LogP contribution is 2.13. The van der Waals surface area contributed by atoms with Crippen LogP contribution in [0.4, 0.5) is 5.82 Å². The lowest BCUT2D eigenvalue weighted by molar-refractivity contribution is -0.119. The number of hydrogen-bond acceptors (Lipinski definition) is 6. The summed E-state index contributed by atoms with van der Waals surface area (Å²) in [5.74, 6) is -1.12. The summed E-state index contributed by atoms with van der Waals surface area (Å²) >= 11 is 5.70. The number of carbonyl (C=O) groups excluding carboxylic acids is 2. The standard InChI is InChI=1S/C16H11ClN4O4/c17-9-5-6-12(18-7-9)19-13(22)8-25-16(24)14-10-3-1-2-4-11(10)15(23)21-20-14/h1-7H,8H2,(H,21,23)(H,18,19,22). The molecule has 3 aromatic rings. The van der Waals surface area contributed by atoms with Crippen molar-refractivity contribution in [2.75, 3.05) is 11.9 Å². The fraction of sp³-hybridized carbons (Fsp3) is 0.0625. The van der Waals surface area contributed by atoms with E-state index in [2.05, 4.69) is 20.5 Å². The molecule has 1 amide bonds. The minimum atomic E-state index is -0.827. The molecule has 2 N–H and O–H groups in total. The van der Waals surface area contributed by atoms with Gasteiger partial charge in [-0.2, -0.15) is 5.10 Å². The number of anilines is 1. The summed E-state index contributed by atoms with van der Waals surface area (Å²) < 4.78 is 4.94. The Bertz CT molecular complexity index is 1000. The molecular weight excluding hydrogens is 348 g/mol. The van der Waals surface area contributed by atoms with Crippen molar-refractivity contribution < 1.29 is 14.3 Å². The Balaban J connectivity index is 1.69. The Labute approximate surface area is 145 Å². The number of nitrogens with one attached hydrogen (secondary N) is 2. The second-order valence-corrected chi connectivity index (χ2v) is 5.37. The number of nitrogens with zero attached hydrogens (tertiary/aromatic N) is 2. The van der Waals surface area contributed by atoms with Crippen LogP contribution in [0.2, 0.25) is 5.02 Å². The van der Waals surface area contributed by atoms with E-state index in [0.29, 0.717) is 15.8 Å². The van der Waals surface area contributed by atoms with Crippen molar-refractivity contribution in [2.24, 2.45) is 0 Å². The largest absolute Gasteiger partial charge is 0.451 e. The van der Waals surface area contributed by atoms with Gasteiger partial charge in [0.1, 0.15) is 5.82 Å². The second kappa shape index (κ2) is 7.10. The molecule has 2 aromatic heterocycles. The summed E-state index contributed by atoms with van der Waals surface area (Å²) in [5, 5.41) is 9.47. The average molecular weight is 359 g/mol. The van der Waals surface area contributed by atoms with Crippen molar-refractivity contribution in [3.63, 3.8) is 0 Å². The number of aromatic nitrogens is 3. The first kappa shape index (κ1) is 16.6. The summed E-state index contributed by atoms with van der Waals surface area (Å²) in [6, 6.07) is 9.54. The van der Waals surface area contributed by atoms with E-state index in [1.807, 2.05) is 0 Å². The number of aromatic amines is 1. The van der Waals surface area contributed by atoms with E-state index in [1.54, 1.807) is 30.3 Å². The number of carbonyl (C=O) groups is 2. The SMILES string of the molecule is O=C(COC(=O)c1n[nH]c(=O)c2ccccc12)Nc1ccc(Cl)cn1. The topological polar surface area (TPSA) is 114 Å². The van der Waals surface area contributed by atoms with Gasteiger partial charge in [0.15, 0.2) is 12.3 Å². The third-order valence-electron chi connectivity index (χ3n) is 3.22. The number of hydrogen-bond donors (Lipinski definition) is 2.